The Morgan fingerprint density at radius 2 is 2.12 bits per heavy atom. The number of hydrogen-bond acceptors (Lipinski definition) is 4. The summed E-state index contributed by atoms with van der Waals surface area (Å²) in [5.41, 5.74) is 5.22. The fraction of sp³-hybridized carbons (Fsp3) is 0.385. The molecule has 0 aromatic heterocycles. The van der Waals surface area contributed by atoms with Gasteiger partial charge in [-0.15, -0.1) is 0 Å². The van der Waals surface area contributed by atoms with E-state index >= 15 is 0 Å². The third-order valence-electron chi connectivity index (χ3n) is 2.39. The number of hydrogen-bond donors (Lipinski definition) is 1. The van der Waals surface area contributed by atoms with Crippen LogP contribution in [0, 0.1) is 0 Å². The van der Waals surface area contributed by atoms with E-state index in [0.717, 1.165) is 5.69 Å². The Labute approximate surface area is 102 Å². The highest BCUT2D eigenvalue weighted by Crippen LogP contribution is 2.18. The maximum Gasteiger partial charge on any atom is 0.353 e. The van der Waals surface area contributed by atoms with E-state index in [1.807, 2.05) is 18.2 Å². The van der Waals surface area contributed by atoms with E-state index in [1.54, 1.807) is 6.92 Å². The summed E-state index contributed by atoms with van der Waals surface area (Å²) in [6.07, 6.45) is 0. The first-order chi connectivity index (χ1) is 8.04. The van der Waals surface area contributed by atoms with Crippen molar-refractivity contribution in [3.05, 3.63) is 29.8 Å². The third-order valence-corrected chi connectivity index (χ3v) is 2.39. The number of esters is 1. The average Bonchev–Trinajstić information content (AvgIpc) is 2.35. The Kier molecular flexibility index (Phi) is 4.69. The zero-order chi connectivity index (χ0) is 12.8. The van der Waals surface area contributed by atoms with Gasteiger partial charge in [-0.1, -0.05) is 26.0 Å². The van der Waals surface area contributed by atoms with Crippen LogP contribution in [0.15, 0.2) is 29.4 Å². The van der Waals surface area contributed by atoms with Crippen molar-refractivity contribution < 1.29 is 9.53 Å². The predicted molar refractivity (Wildman–Crippen MR) is 69.3 cm³/mol. The van der Waals surface area contributed by atoms with E-state index < -0.39 is 5.97 Å². The molecule has 1 aromatic carbocycles. The number of hydrazone groups is 1. The van der Waals surface area contributed by atoms with Crippen LogP contribution in [-0.2, 0) is 9.53 Å². The molecule has 0 unspecified atom stereocenters. The van der Waals surface area contributed by atoms with Gasteiger partial charge in [-0.3, -0.25) is 5.43 Å². The molecule has 4 heteroatoms. The topological polar surface area (TPSA) is 50.7 Å². The molecule has 17 heavy (non-hydrogen) atoms. The highest BCUT2D eigenvalue weighted by molar-refractivity contribution is 6.35. The molecule has 0 saturated heterocycles. The summed E-state index contributed by atoms with van der Waals surface area (Å²) in [6.45, 7) is 5.86. The summed E-state index contributed by atoms with van der Waals surface area (Å²) >= 11 is 0. The Balaban J connectivity index is 2.76. The van der Waals surface area contributed by atoms with Gasteiger partial charge in [0.25, 0.3) is 0 Å². The number of nitrogens with zero attached hydrogens (tertiary/aromatic N) is 1. The van der Waals surface area contributed by atoms with E-state index in [-0.39, 0.29) is 0 Å². The second kappa shape index (κ2) is 6.03. The number of ether oxygens (including phenoxy) is 1. The highest BCUT2D eigenvalue weighted by atomic mass is 16.5. The van der Waals surface area contributed by atoms with Crippen molar-refractivity contribution >= 4 is 17.4 Å². The number of anilines is 1. The number of methoxy groups -OCH3 is 1. The van der Waals surface area contributed by atoms with Crippen LogP contribution in [0.25, 0.3) is 0 Å². The van der Waals surface area contributed by atoms with E-state index in [9.17, 15) is 4.79 Å². The molecule has 0 spiro atoms. The standard InChI is InChI=1S/C13H18N2O2/c1-9(2)11-6-5-7-12(8-11)15-14-10(3)13(16)17-4/h5-9,15H,1-4H3/b14-10+. The van der Waals surface area contributed by atoms with Crippen LogP contribution >= 0.6 is 0 Å². The molecule has 0 aliphatic rings. The van der Waals surface area contributed by atoms with Crippen molar-refractivity contribution in [1.82, 2.24) is 0 Å². The van der Waals surface area contributed by atoms with Crippen molar-refractivity contribution in [1.29, 1.82) is 0 Å². The second-order valence-corrected chi connectivity index (χ2v) is 4.08. The quantitative estimate of drug-likeness (QED) is 0.495. The largest absolute Gasteiger partial charge is 0.464 e. The Morgan fingerprint density at radius 1 is 1.41 bits per heavy atom. The number of rotatable bonds is 4. The summed E-state index contributed by atoms with van der Waals surface area (Å²) in [7, 11) is 1.33. The Bertz CT molecular complexity index is 425. The van der Waals surface area contributed by atoms with E-state index in [4.69, 9.17) is 0 Å². The average molecular weight is 234 g/mol. The van der Waals surface area contributed by atoms with Crippen LogP contribution in [0.3, 0.4) is 0 Å². The molecule has 92 valence electrons. The van der Waals surface area contributed by atoms with E-state index in [2.05, 4.69) is 35.2 Å². The molecule has 0 atom stereocenters. The molecule has 1 rings (SSSR count). The summed E-state index contributed by atoms with van der Waals surface area (Å²) in [5.74, 6) is 0.0277. The summed E-state index contributed by atoms with van der Waals surface area (Å²) in [4.78, 5) is 11.1. The zero-order valence-electron chi connectivity index (χ0n) is 10.7. The molecule has 0 fully saturated rings. The second-order valence-electron chi connectivity index (χ2n) is 4.08. The van der Waals surface area contributed by atoms with Crippen LogP contribution in [-0.4, -0.2) is 18.8 Å². The smallest absolute Gasteiger partial charge is 0.353 e. The summed E-state index contributed by atoms with van der Waals surface area (Å²) in [5, 5.41) is 3.96. The van der Waals surface area contributed by atoms with Crippen molar-refractivity contribution in [3.63, 3.8) is 0 Å². The molecular formula is C13H18N2O2. The number of carbonyl (C=O) groups is 1. The molecular weight excluding hydrogens is 216 g/mol. The number of carbonyl (C=O) groups excluding carboxylic acids is 1. The minimum atomic E-state index is -0.433. The van der Waals surface area contributed by atoms with Crippen molar-refractivity contribution in [2.24, 2.45) is 5.10 Å². The van der Waals surface area contributed by atoms with Crippen LogP contribution in [0.2, 0.25) is 0 Å². The normalized spacial score (nSPS) is 11.5. The molecule has 0 heterocycles. The van der Waals surface area contributed by atoms with Gasteiger partial charge in [0.2, 0.25) is 0 Å². The van der Waals surface area contributed by atoms with Crippen LogP contribution in [0.5, 0.6) is 0 Å². The molecule has 1 N–H and O–H groups in total. The van der Waals surface area contributed by atoms with Gasteiger partial charge in [0.15, 0.2) is 0 Å². The zero-order valence-corrected chi connectivity index (χ0v) is 10.7. The van der Waals surface area contributed by atoms with Crippen LogP contribution in [0.1, 0.15) is 32.3 Å². The van der Waals surface area contributed by atoms with Gasteiger partial charge < -0.3 is 4.74 Å². The van der Waals surface area contributed by atoms with Crippen LogP contribution < -0.4 is 5.43 Å². The van der Waals surface area contributed by atoms with E-state index in [0.29, 0.717) is 11.6 Å². The predicted octanol–water partition coefficient (Wildman–Crippen LogP) is 2.77. The molecule has 0 bridgehead atoms. The van der Waals surface area contributed by atoms with Gasteiger partial charge in [0.1, 0.15) is 5.71 Å². The minimum absolute atomic E-state index is 0.294. The Morgan fingerprint density at radius 3 is 2.71 bits per heavy atom. The van der Waals surface area contributed by atoms with Crippen LogP contribution in [0.4, 0.5) is 5.69 Å². The lowest BCUT2D eigenvalue weighted by molar-refractivity contribution is -0.132. The molecule has 0 saturated carbocycles. The molecule has 0 aliphatic carbocycles. The van der Waals surface area contributed by atoms with Gasteiger partial charge in [0, 0.05) is 0 Å². The Hall–Kier alpha value is -1.84. The lowest BCUT2D eigenvalue weighted by atomic mass is 10.0. The molecule has 4 nitrogen and oxygen atoms in total. The van der Waals surface area contributed by atoms with Gasteiger partial charge in [0.05, 0.1) is 12.8 Å². The number of benzene rings is 1. The first kappa shape index (κ1) is 13.2. The first-order valence-electron chi connectivity index (χ1n) is 5.53. The van der Waals surface area contributed by atoms with Crippen molar-refractivity contribution in [2.75, 3.05) is 12.5 Å². The molecule has 0 amide bonds. The minimum Gasteiger partial charge on any atom is -0.464 e. The fourth-order valence-corrected chi connectivity index (χ4v) is 1.31. The monoisotopic (exact) mass is 234 g/mol. The lowest BCUT2D eigenvalue weighted by Gasteiger charge is -2.07. The highest BCUT2D eigenvalue weighted by Gasteiger charge is 2.04. The lowest BCUT2D eigenvalue weighted by Crippen LogP contribution is -2.13. The summed E-state index contributed by atoms with van der Waals surface area (Å²) in [6, 6.07) is 7.94. The summed E-state index contributed by atoms with van der Waals surface area (Å²) < 4.78 is 4.55. The SMILES string of the molecule is COC(=O)/C(C)=N/Nc1cccc(C(C)C)c1. The maximum atomic E-state index is 11.1. The van der Waals surface area contributed by atoms with Gasteiger partial charge in [-0.05, 0) is 30.5 Å². The first-order valence-corrected chi connectivity index (χ1v) is 5.53. The third kappa shape index (κ3) is 3.90. The fourth-order valence-electron chi connectivity index (χ4n) is 1.31. The van der Waals surface area contributed by atoms with Gasteiger partial charge in [-0.2, -0.15) is 5.10 Å². The maximum absolute atomic E-state index is 11.1. The van der Waals surface area contributed by atoms with Crippen molar-refractivity contribution in [3.8, 4) is 0 Å². The molecule has 1 aromatic rings. The number of nitrogens with one attached hydrogen (secondary N) is 1. The van der Waals surface area contributed by atoms with Crippen molar-refractivity contribution in [2.45, 2.75) is 26.7 Å². The van der Waals surface area contributed by atoms with E-state index in [1.165, 1.54) is 12.7 Å². The molecule has 0 aliphatic heterocycles. The van der Waals surface area contributed by atoms with Gasteiger partial charge in [-0.25, -0.2) is 4.79 Å². The van der Waals surface area contributed by atoms with Gasteiger partial charge >= 0.3 is 5.97 Å². The molecule has 0 radical (unpaired) electrons.